The van der Waals surface area contributed by atoms with Crippen molar-refractivity contribution < 1.29 is 9.18 Å². The van der Waals surface area contributed by atoms with E-state index < -0.39 is 11.7 Å². The van der Waals surface area contributed by atoms with Crippen LogP contribution in [0.3, 0.4) is 0 Å². The Morgan fingerprint density at radius 2 is 2.05 bits per heavy atom. The van der Waals surface area contributed by atoms with Gasteiger partial charge in [0.2, 0.25) is 5.91 Å². The predicted octanol–water partition coefficient (Wildman–Crippen LogP) is 4.89. The molecule has 1 amide bonds. The molecule has 20 heavy (non-hydrogen) atoms. The predicted molar refractivity (Wildman–Crippen MR) is 83.2 cm³/mol. The Kier molecular flexibility index (Phi) is 4.93. The number of anilines is 1. The van der Waals surface area contributed by atoms with E-state index in [1.54, 1.807) is 30.3 Å². The molecule has 102 valence electrons. The first-order chi connectivity index (χ1) is 9.54. The lowest BCUT2D eigenvalue weighted by Crippen LogP contribution is -2.09. The highest BCUT2D eigenvalue weighted by Crippen LogP contribution is 2.19. The molecule has 1 N–H and O–H groups in total. The molecule has 0 atom stereocenters. The van der Waals surface area contributed by atoms with Crippen LogP contribution in [-0.4, -0.2) is 5.91 Å². The second kappa shape index (κ2) is 6.68. The van der Waals surface area contributed by atoms with E-state index >= 15 is 0 Å². The van der Waals surface area contributed by atoms with E-state index in [-0.39, 0.29) is 5.69 Å². The van der Waals surface area contributed by atoms with Gasteiger partial charge in [0.1, 0.15) is 5.82 Å². The Morgan fingerprint density at radius 3 is 2.75 bits per heavy atom. The van der Waals surface area contributed by atoms with Crippen LogP contribution in [0.2, 0.25) is 5.02 Å². The standard InChI is InChI=1S/C15H10BrClFNO/c16-11-5-6-14(13(18)9-11)19-15(20)7-4-10-2-1-3-12(17)8-10/h1-9H,(H,19,20)/b7-4+. The zero-order valence-electron chi connectivity index (χ0n) is 10.2. The number of benzene rings is 2. The van der Waals surface area contributed by atoms with E-state index in [1.165, 1.54) is 18.2 Å². The molecular weight excluding hydrogens is 345 g/mol. The van der Waals surface area contributed by atoms with Crippen molar-refractivity contribution in [1.29, 1.82) is 0 Å². The highest BCUT2D eigenvalue weighted by Gasteiger charge is 2.04. The van der Waals surface area contributed by atoms with Gasteiger partial charge in [-0.05, 0) is 42.0 Å². The highest BCUT2D eigenvalue weighted by atomic mass is 79.9. The van der Waals surface area contributed by atoms with E-state index in [1.807, 2.05) is 6.07 Å². The minimum atomic E-state index is -0.496. The zero-order valence-corrected chi connectivity index (χ0v) is 12.6. The van der Waals surface area contributed by atoms with Crippen LogP contribution in [-0.2, 0) is 4.79 Å². The number of halogens is 3. The van der Waals surface area contributed by atoms with Crippen LogP contribution in [0.5, 0.6) is 0 Å². The molecule has 0 aliphatic heterocycles. The van der Waals surface area contributed by atoms with E-state index in [0.717, 1.165) is 5.56 Å². The first kappa shape index (κ1) is 14.8. The minimum Gasteiger partial charge on any atom is -0.320 e. The van der Waals surface area contributed by atoms with E-state index in [4.69, 9.17) is 11.6 Å². The number of carbonyl (C=O) groups excluding carboxylic acids is 1. The summed E-state index contributed by atoms with van der Waals surface area (Å²) in [5.74, 6) is -0.907. The molecule has 5 heteroatoms. The average molecular weight is 355 g/mol. The van der Waals surface area contributed by atoms with Gasteiger partial charge in [-0.3, -0.25) is 4.79 Å². The van der Waals surface area contributed by atoms with Crippen LogP contribution >= 0.6 is 27.5 Å². The summed E-state index contributed by atoms with van der Waals surface area (Å²) in [5, 5.41) is 3.06. The lowest BCUT2D eigenvalue weighted by Gasteiger charge is -2.04. The molecule has 0 saturated carbocycles. The molecule has 0 fully saturated rings. The Morgan fingerprint density at radius 1 is 1.25 bits per heavy atom. The summed E-state index contributed by atoms with van der Waals surface area (Å²) in [6.07, 6.45) is 2.94. The van der Waals surface area contributed by atoms with Gasteiger partial charge in [-0.1, -0.05) is 39.7 Å². The Bertz CT molecular complexity index is 673. The molecule has 0 spiro atoms. The molecule has 0 aliphatic rings. The summed E-state index contributed by atoms with van der Waals surface area (Å²) in [6.45, 7) is 0. The second-order valence-corrected chi connectivity index (χ2v) is 5.35. The Hall–Kier alpha value is -1.65. The molecule has 0 aliphatic carbocycles. The monoisotopic (exact) mass is 353 g/mol. The maximum absolute atomic E-state index is 13.5. The van der Waals surface area contributed by atoms with Crippen molar-refractivity contribution in [2.75, 3.05) is 5.32 Å². The lowest BCUT2D eigenvalue weighted by atomic mass is 10.2. The molecule has 0 heterocycles. The number of hydrogen-bond acceptors (Lipinski definition) is 1. The van der Waals surface area contributed by atoms with Crippen molar-refractivity contribution in [3.63, 3.8) is 0 Å². The molecular formula is C15H10BrClFNO. The molecule has 0 unspecified atom stereocenters. The first-order valence-electron chi connectivity index (χ1n) is 5.74. The molecule has 0 radical (unpaired) electrons. The fraction of sp³-hybridized carbons (Fsp3) is 0. The topological polar surface area (TPSA) is 29.1 Å². The average Bonchev–Trinajstić information content (AvgIpc) is 2.40. The molecule has 2 rings (SSSR count). The lowest BCUT2D eigenvalue weighted by molar-refractivity contribution is -0.111. The van der Waals surface area contributed by atoms with Crippen LogP contribution < -0.4 is 5.32 Å². The van der Waals surface area contributed by atoms with Gasteiger partial charge in [0.25, 0.3) is 0 Å². The largest absolute Gasteiger partial charge is 0.320 e. The summed E-state index contributed by atoms with van der Waals surface area (Å²) < 4.78 is 14.2. The van der Waals surface area contributed by atoms with Gasteiger partial charge in [-0.2, -0.15) is 0 Å². The number of amides is 1. The van der Waals surface area contributed by atoms with Crippen LogP contribution in [0.15, 0.2) is 53.0 Å². The fourth-order valence-electron chi connectivity index (χ4n) is 1.55. The van der Waals surface area contributed by atoms with Crippen molar-refractivity contribution in [2.45, 2.75) is 0 Å². The summed E-state index contributed by atoms with van der Waals surface area (Å²) in [7, 11) is 0. The number of nitrogens with one attached hydrogen (secondary N) is 1. The van der Waals surface area contributed by atoms with Crippen LogP contribution in [0.4, 0.5) is 10.1 Å². The Labute approximate surface area is 129 Å². The van der Waals surface area contributed by atoms with Crippen molar-refractivity contribution in [3.05, 3.63) is 69.4 Å². The first-order valence-corrected chi connectivity index (χ1v) is 6.91. The van der Waals surface area contributed by atoms with Crippen LogP contribution in [0.1, 0.15) is 5.56 Å². The zero-order chi connectivity index (χ0) is 14.5. The van der Waals surface area contributed by atoms with Gasteiger partial charge in [-0.25, -0.2) is 4.39 Å². The minimum absolute atomic E-state index is 0.133. The van der Waals surface area contributed by atoms with Gasteiger partial charge in [0, 0.05) is 15.6 Å². The third-order valence-electron chi connectivity index (χ3n) is 2.46. The van der Waals surface area contributed by atoms with Crippen LogP contribution in [0.25, 0.3) is 6.08 Å². The second-order valence-electron chi connectivity index (χ2n) is 4.00. The van der Waals surface area contributed by atoms with Gasteiger partial charge >= 0.3 is 0 Å². The van der Waals surface area contributed by atoms with E-state index in [2.05, 4.69) is 21.2 Å². The van der Waals surface area contributed by atoms with Crippen molar-refractivity contribution in [3.8, 4) is 0 Å². The van der Waals surface area contributed by atoms with Crippen molar-refractivity contribution >= 4 is 45.2 Å². The van der Waals surface area contributed by atoms with E-state index in [9.17, 15) is 9.18 Å². The third-order valence-corrected chi connectivity index (χ3v) is 3.19. The maximum Gasteiger partial charge on any atom is 0.248 e. The smallest absolute Gasteiger partial charge is 0.248 e. The van der Waals surface area contributed by atoms with Crippen LogP contribution in [0, 0.1) is 5.82 Å². The Balaban J connectivity index is 2.05. The van der Waals surface area contributed by atoms with Gasteiger partial charge in [-0.15, -0.1) is 0 Å². The molecule has 2 nitrogen and oxygen atoms in total. The van der Waals surface area contributed by atoms with Gasteiger partial charge in [0.15, 0.2) is 0 Å². The molecule has 0 aromatic heterocycles. The van der Waals surface area contributed by atoms with Gasteiger partial charge in [0.05, 0.1) is 5.69 Å². The number of hydrogen-bond donors (Lipinski definition) is 1. The molecule has 2 aromatic rings. The third kappa shape index (κ3) is 4.18. The number of carbonyl (C=O) groups is 1. The quantitative estimate of drug-likeness (QED) is 0.781. The molecule has 2 aromatic carbocycles. The summed E-state index contributed by atoms with van der Waals surface area (Å²) in [4.78, 5) is 11.7. The maximum atomic E-state index is 13.5. The molecule has 0 saturated heterocycles. The summed E-state index contributed by atoms with van der Waals surface area (Å²) in [5.41, 5.74) is 0.929. The molecule has 0 bridgehead atoms. The van der Waals surface area contributed by atoms with Crippen molar-refractivity contribution in [2.24, 2.45) is 0 Å². The van der Waals surface area contributed by atoms with Gasteiger partial charge < -0.3 is 5.32 Å². The fourth-order valence-corrected chi connectivity index (χ4v) is 2.08. The van der Waals surface area contributed by atoms with Crippen molar-refractivity contribution in [1.82, 2.24) is 0 Å². The normalized spacial score (nSPS) is 10.8. The summed E-state index contributed by atoms with van der Waals surface area (Å²) in [6, 6.07) is 11.5. The summed E-state index contributed by atoms with van der Waals surface area (Å²) >= 11 is 8.99. The number of rotatable bonds is 3. The highest BCUT2D eigenvalue weighted by molar-refractivity contribution is 9.10. The van der Waals surface area contributed by atoms with E-state index in [0.29, 0.717) is 9.50 Å². The SMILES string of the molecule is O=C(/C=C/c1cccc(Cl)c1)Nc1ccc(Br)cc1F.